The van der Waals surface area contributed by atoms with Gasteiger partial charge in [0, 0.05) is 0 Å². The van der Waals surface area contributed by atoms with E-state index >= 15 is 0 Å². The lowest BCUT2D eigenvalue weighted by Gasteiger charge is -2.05. The fourth-order valence-corrected chi connectivity index (χ4v) is 2.11. The highest BCUT2D eigenvalue weighted by atomic mass is 16.5. The Morgan fingerprint density at radius 3 is 2.65 bits per heavy atom. The van der Waals surface area contributed by atoms with E-state index in [1.165, 1.54) is 16.3 Å². The van der Waals surface area contributed by atoms with E-state index in [1.54, 1.807) is 0 Å². The van der Waals surface area contributed by atoms with Gasteiger partial charge in [0.1, 0.15) is 0 Å². The van der Waals surface area contributed by atoms with Gasteiger partial charge in [-0.25, -0.2) is 0 Å². The van der Waals surface area contributed by atoms with E-state index in [-0.39, 0.29) is 0 Å². The fraction of sp³-hybridized carbons (Fsp3) is 0.263. The van der Waals surface area contributed by atoms with Crippen molar-refractivity contribution < 1.29 is 4.74 Å². The van der Waals surface area contributed by atoms with E-state index in [0.29, 0.717) is 0 Å². The molecule has 1 heteroatoms. The molecule has 20 heavy (non-hydrogen) atoms. The summed E-state index contributed by atoms with van der Waals surface area (Å²) in [5.74, 6) is 0. The lowest BCUT2D eigenvalue weighted by Crippen LogP contribution is -1.87. The highest BCUT2D eigenvalue weighted by molar-refractivity contribution is 5.85. The predicted octanol–water partition coefficient (Wildman–Crippen LogP) is 5.57. The standard InChI is InChI=1S/C19H22O/c1-3-4-5-8-13-20-15-16(2)18-12-11-17-9-6-7-10-19(17)14-18/h4-7,9-12,14-15H,3,8,13H2,1-2H3/b5-4-,16-15+. The third-order valence-corrected chi connectivity index (χ3v) is 3.27. The Labute approximate surface area is 121 Å². The normalized spacial score (nSPS) is 12.2. The second-order valence-corrected chi connectivity index (χ2v) is 4.90. The molecule has 0 amide bonds. The van der Waals surface area contributed by atoms with Gasteiger partial charge in [-0.3, -0.25) is 0 Å². The number of fused-ring (bicyclic) bond motifs is 1. The van der Waals surface area contributed by atoms with Crippen molar-refractivity contribution in [2.75, 3.05) is 6.61 Å². The molecule has 0 atom stereocenters. The first-order valence-electron chi connectivity index (χ1n) is 7.24. The smallest absolute Gasteiger partial charge is 0.0907 e. The van der Waals surface area contributed by atoms with Gasteiger partial charge in [0.05, 0.1) is 12.9 Å². The summed E-state index contributed by atoms with van der Waals surface area (Å²) in [5, 5.41) is 2.54. The van der Waals surface area contributed by atoms with Gasteiger partial charge in [-0.2, -0.15) is 0 Å². The number of hydrogen-bond donors (Lipinski definition) is 0. The summed E-state index contributed by atoms with van der Waals surface area (Å²) in [4.78, 5) is 0. The van der Waals surface area contributed by atoms with Crippen molar-refractivity contribution in [2.24, 2.45) is 0 Å². The van der Waals surface area contributed by atoms with Crippen LogP contribution in [-0.2, 0) is 4.74 Å². The summed E-state index contributed by atoms with van der Waals surface area (Å²) in [5.41, 5.74) is 2.38. The Morgan fingerprint density at radius 1 is 1.05 bits per heavy atom. The Hall–Kier alpha value is -2.02. The monoisotopic (exact) mass is 266 g/mol. The van der Waals surface area contributed by atoms with Crippen molar-refractivity contribution in [3.8, 4) is 0 Å². The first-order chi connectivity index (χ1) is 9.81. The average molecular weight is 266 g/mol. The summed E-state index contributed by atoms with van der Waals surface area (Å²) >= 11 is 0. The van der Waals surface area contributed by atoms with E-state index in [4.69, 9.17) is 4.74 Å². The lowest BCUT2D eigenvalue weighted by molar-refractivity contribution is 0.257. The van der Waals surface area contributed by atoms with Crippen LogP contribution in [0, 0.1) is 0 Å². The maximum Gasteiger partial charge on any atom is 0.0907 e. The highest BCUT2D eigenvalue weighted by Crippen LogP contribution is 2.20. The van der Waals surface area contributed by atoms with Gasteiger partial charge >= 0.3 is 0 Å². The van der Waals surface area contributed by atoms with Crippen LogP contribution in [0.5, 0.6) is 0 Å². The van der Waals surface area contributed by atoms with Crippen LogP contribution in [0.25, 0.3) is 16.3 Å². The Morgan fingerprint density at radius 2 is 1.85 bits per heavy atom. The molecule has 2 aromatic rings. The average Bonchev–Trinajstić information content (AvgIpc) is 2.50. The minimum Gasteiger partial charge on any atom is -0.501 e. The van der Waals surface area contributed by atoms with Crippen LogP contribution in [0.1, 0.15) is 32.3 Å². The molecule has 0 spiro atoms. The van der Waals surface area contributed by atoms with Crippen molar-refractivity contribution in [3.63, 3.8) is 0 Å². The van der Waals surface area contributed by atoms with E-state index in [2.05, 4.69) is 68.5 Å². The molecule has 0 unspecified atom stereocenters. The van der Waals surface area contributed by atoms with Crippen molar-refractivity contribution >= 4 is 16.3 Å². The molecule has 0 aromatic heterocycles. The van der Waals surface area contributed by atoms with Crippen molar-refractivity contribution in [1.29, 1.82) is 0 Å². The first kappa shape index (κ1) is 14.4. The first-order valence-corrected chi connectivity index (χ1v) is 7.24. The molecule has 0 aliphatic carbocycles. The molecule has 2 rings (SSSR count). The number of benzene rings is 2. The fourth-order valence-electron chi connectivity index (χ4n) is 2.11. The molecule has 1 nitrogen and oxygen atoms in total. The van der Waals surface area contributed by atoms with Crippen LogP contribution in [-0.4, -0.2) is 6.61 Å². The molecule has 2 aromatic carbocycles. The van der Waals surface area contributed by atoms with E-state index < -0.39 is 0 Å². The molecule has 0 saturated heterocycles. The molecule has 0 saturated carbocycles. The van der Waals surface area contributed by atoms with Crippen molar-refractivity contribution in [3.05, 3.63) is 66.4 Å². The summed E-state index contributed by atoms with van der Waals surface area (Å²) in [6.45, 7) is 4.97. The molecule has 0 N–H and O–H groups in total. The van der Waals surface area contributed by atoms with Crippen LogP contribution < -0.4 is 0 Å². The lowest BCUT2D eigenvalue weighted by atomic mass is 10.0. The molecule has 0 bridgehead atoms. The van der Waals surface area contributed by atoms with E-state index in [1.807, 2.05) is 6.26 Å². The maximum atomic E-state index is 5.60. The molecular weight excluding hydrogens is 244 g/mol. The SMILES string of the molecule is CC/C=C\CCO/C=C(\C)c1ccc2ccccc2c1. The van der Waals surface area contributed by atoms with Crippen LogP contribution in [0.3, 0.4) is 0 Å². The van der Waals surface area contributed by atoms with Crippen LogP contribution >= 0.6 is 0 Å². The van der Waals surface area contributed by atoms with Crippen LogP contribution in [0.4, 0.5) is 0 Å². The van der Waals surface area contributed by atoms with Gasteiger partial charge < -0.3 is 4.74 Å². The summed E-state index contributed by atoms with van der Waals surface area (Å²) in [6, 6.07) is 14.9. The largest absolute Gasteiger partial charge is 0.501 e. The van der Waals surface area contributed by atoms with Crippen molar-refractivity contribution in [2.45, 2.75) is 26.7 Å². The molecule has 0 aliphatic rings. The summed E-state index contributed by atoms with van der Waals surface area (Å²) in [6.07, 6.45) is 8.26. The minimum absolute atomic E-state index is 0.738. The zero-order chi connectivity index (χ0) is 14.2. The second-order valence-electron chi connectivity index (χ2n) is 4.90. The van der Waals surface area contributed by atoms with Crippen LogP contribution in [0.2, 0.25) is 0 Å². The molecule has 0 fully saturated rings. The Balaban J connectivity index is 1.99. The molecule has 0 aliphatic heterocycles. The van der Waals surface area contributed by atoms with Gasteiger partial charge in [0.2, 0.25) is 0 Å². The highest BCUT2D eigenvalue weighted by Gasteiger charge is 1.98. The zero-order valence-electron chi connectivity index (χ0n) is 12.3. The van der Waals surface area contributed by atoms with Crippen molar-refractivity contribution in [1.82, 2.24) is 0 Å². The van der Waals surface area contributed by atoms with Gasteiger partial charge in [-0.05, 0) is 47.7 Å². The van der Waals surface area contributed by atoms with Gasteiger partial charge in [0.25, 0.3) is 0 Å². The van der Waals surface area contributed by atoms with Crippen LogP contribution in [0.15, 0.2) is 60.9 Å². The number of hydrogen-bond acceptors (Lipinski definition) is 1. The molecule has 104 valence electrons. The summed E-state index contributed by atoms with van der Waals surface area (Å²) < 4.78 is 5.60. The van der Waals surface area contributed by atoms with E-state index in [9.17, 15) is 0 Å². The number of rotatable bonds is 6. The molecule has 0 heterocycles. The Kier molecular flexibility index (Phi) is 5.43. The third-order valence-electron chi connectivity index (χ3n) is 3.27. The van der Waals surface area contributed by atoms with E-state index in [0.717, 1.165) is 25.0 Å². The van der Waals surface area contributed by atoms with Gasteiger partial charge in [-0.1, -0.05) is 55.5 Å². The molecule has 0 radical (unpaired) electrons. The maximum absolute atomic E-state index is 5.60. The number of ether oxygens (including phenoxy) is 1. The second kappa shape index (κ2) is 7.54. The summed E-state index contributed by atoms with van der Waals surface area (Å²) in [7, 11) is 0. The third kappa shape index (κ3) is 3.99. The predicted molar refractivity (Wildman–Crippen MR) is 87.6 cm³/mol. The Bertz CT molecular complexity index is 608. The quantitative estimate of drug-likeness (QED) is 0.377. The topological polar surface area (TPSA) is 9.23 Å². The minimum atomic E-state index is 0.738. The molecular formula is C19H22O. The van der Waals surface area contributed by atoms with Gasteiger partial charge in [0.15, 0.2) is 0 Å². The zero-order valence-corrected chi connectivity index (χ0v) is 12.3. The number of allylic oxidation sites excluding steroid dienone is 2. The van der Waals surface area contributed by atoms with Gasteiger partial charge in [-0.15, -0.1) is 0 Å².